The van der Waals surface area contributed by atoms with E-state index in [-0.39, 0.29) is 24.5 Å². The third-order valence-electron chi connectivity index (χ3n) is 5.51. The van der Waals surface area contributed by atoms with Crippen LogP contribution in [0.1, 0.15) is 38.7 Å². The number of thiol groups is 1. The molecule has 11 nitrogen and oxygen atoms in total. The van der Waals surface area contributed by atoms with Crippen LogP contribution in [0.2, 0.25) is 0 Å². The molecular formula is C23H34N4O7S. The first-order valence-electron chi connectivity index (χ1n) is 11.3. The highest BCUT2D eigenvalue weighted by molar-refractivity contribution is 7.80. The third kappa shape index (κ3) is 10.4. The Bertz CT molecular complexity index is 884. The molecule has 0 radical (unpaired) electrons. The number of rotatable bonds is 15. The van der Waals surface area contributed by atoms with Crippen LogP contribution in [0, 0.1) is 5.92 Å². The van der Waals surface area contributed by atoms with Crippen LogP contribution in [-0.2, 0) is 30.4 Å². The van der Waals surface area contributed by atoms with Crippen molar-refractivity contribution in [2.45, 2.75) is 63.7 Å². The van der Waals surface area contributed by atoms with Gasteiger partial charge in [0.1, 0.15) is 18.1 Å². The Hall–Kier alpha value is -3.12. The zero-order valence-corrected chi connectivity index (χ0v) is 20.7. The molecule has 12 heteroatoms. The minimum Gasteiger partial charge on any atom is -0.481 e. The number of hydrogen-bond acceptors (Lipinski definition) is 7. The number of benzene rings is 1. The summed E-state index contributed by atoms with van der Waals surface area (Å²) in [5.41, 5.74) is 6.77. The van der Waals surface area contributed by atoms with Crippen LogP contribution in [0.15, 0.2) is 30.3 Å². The lowest BCUT2D eigenvalue weighted by molar-refractivity contribution is -0.143. The van der Waals surface area contributed by atoms with E-state index in [1.54, 1.807) is 38.1 Å². The molecule has 0 fully saturated rings. The van der Waals surface area contributed by atoms with Gasteiger partial charge in [0.25, 0.3) is 0 Å². The highest BCUT2D eigenvalue weighted by Crippen LogP contribution is 2.09. The van der Waals surface area contributed by atoms with Crippen LogP contribution in [0.25, 0.3) is 0 Å². The van der Waals surface area contributed by atoms with E-state index in [0.29, 0.717) is 6.42 Å². The second kappa shape index (κ2) is 15.0. The number of carboxylic acid groups (broad SMARTS) is 2. The third-order valence-corrected chi connectivity index (χ3v) is 5.87. The van der Waals surface area contributed by atoms with E-state index < -0.39 is 60.2 Å². The number of carbonyl (C=O) groups excluding carboxylic acids is 3. The van der Waals surface area contributed by atoms with Gasteiger partial charge >= 0.3 is 11.9 Å². The average Bonchev–Trinajstić information content (AvgIpc) is 2.82. The normalized spacial score (nSPS) is 15.1. The van der Waals surface area contributed by atoms with Gasteiger partial charge in [-0.1, -0.05) is 50.6 Å². The van der Waals surface area contributed by atoms with Crippen molar-refractivity contribution < 1.29 is 34.2 Å². The van der Waals surface area contributed by atoms with Gasteiger partial charge in [-0.05, 0) is 24.3 Å². The lowest BCUT2D eigenvalue weighted by Gasteiger charge is -2.25. The maximum atomic E-state index is 12.9. The quantitative estimate of drug-likeness (QED) is 0.160. The van der Waals surface area contributed by atoms with Crippen molar-refractivity contribution in [2.75, 3.05) is 5.75 Å². The second-order valence-electron chi connectivity index (χ2n) is 8.24. The molecule has 1 aromatic carbocycles. The molecule has 194 valence electrons. The van der Waals surface area contributed by atoms with Crippen molar-refractivity contribution in [3.8, 4) is 0 Å². The van der Waals surface area contributed by atoms with Gasteiger partial charge < -0.3 is 31.9 Å². The minimum absolute atomic E-state index is 0.155. The Labute approximate surface area is 209 Å². The zero-order valence-electron chi connectivity index (χ0n) is 19.8. The molecule has 5 atom stereocenters. The molecule has 0 saturated carbocycles. The van der Waals surface area contributed by atoms with E-state index in [4.69, 9.17) is 10.8 Å². The van der Waals surface area contributed by atoms with Crippen molar-refractivity contribution in [2.24, 2.45) is 11.7 Å². The first-order chi connectivity index (χ1) is 16.5. The van der Waals surface area contributed by atoms with E-state index in [2.05, 4.69) is 28.6 Å². The summed E-state index contributed by atoms with van der Waals surface area (Å²) in [4.78, 5) is 60.7. The van der Waals surface area contributed by atoms with E-state index in [1.165, 1.54) is 0 Å². The van der Waals surface area contributed by atoms with Gasteiger partial charge in [-0.3, -0.25) is 19.2 Å². The monoisotopic (exact) mass is 510 g/mol. The second-order valence-corrected chi connectivity index (χ2v) is 8.61. The topological polar surface area (TPSA) is 188 Å². The number of carboxylic acids is 2. The fraction of sp³-hybridized carbons (Fsp3) is 0.522. The summed E-state index contributed by atoms with van der Waals surface area (Å²) in [5, 5.41) is 25.7. The Balaban J connectivity index is 2.89. The molecule has 1 rings (SSSR count). The Kier molecular flexibility index (Phi) is 12.8. The molecule has 0 aliphatic rings. The predicted octanol–water partition coefficient (Wildman–Crippen LogP) is -0.0639. The lowest BCUT2D eigenvalue weighted by atomic mass is 9.99. The van der Waals surface area contributed by atoms with E-state index in [0.717, 1.165) is 5.56 Å². The van der Waals surface area contributed by atoms with Crippen LogP contribution in [0.4, 0.5) is 0 Å². The summed E-state index contributed by atoms with van der Waals surface area (Å²) >= 11 is 4.07. The summed E-state index contributed by atoms with van der Waals surface area (Å²) in [7, 11) is 0. The summed E-state index contributed by atoms with van der Waals surface area (Å²) < 4.78 is 0. The Morgan fingerprint density at radius 1 is 0.943 bits per heavy atom. The molecule has 5 unspecified atom stereocenters. The van der Waals surface area contributed by atoms with Crippen LogP contribution in [0.3, 0.4) is 0 Å². The van der Waals surface area contributed by atoms with Gasteiger partial charge in [0, 0.05) is 12.2 Å². The van der Waals surface area contributed by atoms with Gasteiger partial charge in [0.15, 0.2) is 0 Å². The number of aliphatic carboxylic acids is 2. The molecule has 7 N–H and O–H groups in total. The maximum Gasteiger partial charge on any atom is 0.326 e. The Morgan fingerprint density at radius 2 is 1.51 bits per heavy atom. The van der Waals surface area contributed by atoms with Crippen molar-refractivity contribution in [3.05, 3.63) is 35.9 Å². The molecule has 0 spiro atoms. The maximum absolute atomic E-state index is 12.9. The van der Waals surface area contributed by atoms with Gasteiger partial charge in [-0.25, -0.2) is 4.79 Å². The number of carbonyl (C=O) groups is 5. The van der Waals surface area contributed by atoms with E-state index in [9.17, 15) is 29.1 Å². The van der Waals surface area contributed by atoms with E-state index >= 15 is 0 Å². The van der Waals surface area contributed by atoms with Crippen LogP contribution < -0.4 is 21.7 Å². The lowest BCUT2D eigenvalue weighted by Crippen LogP contribution is -2.58. The summed E-state index contributed by atoms with van der Waals surface area (Å²) in [5.74, 6) is -5.13. The number of amides is 3. The molecule has 0 bridgehead atoms. The first kappa shape index (κ1) is 29.9. The smallest absolute Gasteiger partial charge is 0.326 e. The summed E-state index contributed by atoms with van der Waals surface area (Å²) in [6, 6.07) is 4.35. The number of nitrogens with one attached hydrogen (secondary N) is 3. The molecule has 1 aromatic rings. The first-order valence-corrected chi connectivity index (χ1v) is 11.9. The molecule has 0 saturated heterocycles. The van der Waals surface area contributed by atoms with Crippen LogP contribution in [-0.4, -0.2) is 69.8 Å². The molecule has 0 aliphatic carbocycles. The van der Waals surface area contributed by atoms with Gasteiger partial charge in [0.05, 0.1) is 6.04 Å². The number of hydrogen-bond donors (Lipinski definition) is 7. The van der Waals surface area contributed by atoms with Gasteiger partial charge in [-0.15, -0.1) is 0 Å². The van der Waals surface area contributed by atoms with Crippen molar-refractivity contribution in [3.63, 3.8) is 0 Å². The summed E-state index contributed by atoms with van der Waals surface area (Å²) in [6.07, 6.45) is 0.0467. The molecule has 0 aromatic heterocycles. The average molecular weight is 511 g/mol. The SMILES string of the molecule is CCC(C)C(NC(=O)C(CS)NC(=O)C(CCC(=O)O)NC(=O)C(N)Cc1ccccc1)C(=O)O. The van der Waals surface area contributed by atoms with Gasteiger partial charge in [0.2, 0.25) is 17.7 Å². The number of nitrogens with two attached hydrogens (primary N) is 1. The van der Waals surface area contributed by atoms with Crippen molar-refractivity contribution >= 4 is 42.3 Å². The molecule has 35 heavy (non-hydrogen) atoms. The molecule has 0 heterocycles. The fourth-order valence-corrected chi connectivity index (χ4v) is 3.44. The highest BCUT2D eigenvalue weighted by atomic mass is 32.1. The highest BCUT2D eigenvalue weighted by Gasteiger charge is 2.31. The summed E-state index contributed by atoms with van der Waals surface area (Å²) in [6.45, 7) is 3.45. The van der Waals surface area contributed by atoms with Crippen molar-refractivity contribution in [1.29, 1.82) is 0 Å². The standard InChI is InChI=1S/C23H34N4O7S/c1-3-13(2)19(23(33)34)27-22(32)17(12-35)26-21(31)16(9-10-18(28)29)25-20(30)15(24)11-14-7-5-4-6-8-14/h4-8,13,15-17,19,35H,3,9-12,24H2,1-2H3,(H,25,30)(H,26,31)(H,27,32)(H,28,29)(H,33,34). The van der Waals surface area contributed by atoms with Gasteiger partial charge in [-0.2, -0.15) is 12.6 Å². The fourth-order valence-electron chi connectivity index (χ4n) is 3.18. The Morgan fingerprint density at radius 3 is 2.03 bits per heavy atom. The molecule has 3 amide bonds. The molecule has 0 aliphatic heterocycles. The van der Waals surface area contributed by atoms with Crippen molar-refractivity contribution in [1.82, 2.24) is 16.0 Å². The largest absolute Gasteiger partial charge is 0.481 e. The zero-order chi connectivity index (χ0) is 26.5. The minimum atomic E-state index is -1.28. The van der Waals surface area contributed by atoms with Crippen LogP contribution >= 0.6 is 12.6 Å². The molecular weight excluding hydrogens is 476 g/mol. The predicted molar refractivity (Wildman–Crippen MR) is 132 cm³/mol. The van der Waals surface area contributed by atoms with E-state index in [1.807, 2.05) is 6.07 Å². The van der Waals surface area contributed by atoms with Crippen LogP contribution in [0.5, 0.6) is 0 Å².